The third-order valence-corrected chi connectivity index (χ3v) is 8.85. The summed E-state index contributed by atoms with van der Waals surface area (Å²) in [5.74, 6) is -0.283. The lowest BCUT2D eigenvalue weighted by atomic mass is 9.84. The van der Waals surface area contributed by atoms with Crippen LogP contribution in [0, 0.1) is 11.8 Å². The van der Waals surface area contributed by atoms with Gasteiger partial charge in [0.05, 0.1) is 21.5 Å². The number of amides is 3. The zero-order valence-electron chi connectivity index (χ0n) is 22.5. The number of hydrogen-bond donors (Lipinski definition) is 2. The Morgan fingerprint density at radius 2 is 1.90 bits per heavy atom. The monoisotopic (exact) mass is 610 g/mol. The van der Waals surface area contributed by atoms with Crippen molar-refractivity contribution >= 4 is 52.0 Å². The molecule has 3 aliphatic rings. The Hall–Kier alpha value is -2.80. The smallest absolute Gasteiger partial charge is 0.387 e. The van der Waals surface area contributed by atoms with Gasteiger partial charge >= 0.3 is 6.61 Å². The first-order chi connectivity index (χ1) is 19.8. The van der Waals surface area contributed by atoms with Gasteiger partial charge in [0.1, 0.15) is 12.6 Å². The molecule has 9 nitrogen and oxygen atoms in total. The maximum Gasteiger partial charge on any atom is 0.387 e. The quantitative estimate of drug-likeness (QED) is 0.344. The van der Waals surface area contributed by atoms with Crippen LogP contribution >= 0.6 is 22.9 Å². The number of alkyl halides is 2. The van der Waals surface area contributed by atoms with Gasteiger partial charge in [0.2, 0.25) is 5.91 Å². The fourth-order valence-electron chi connectivity index (χ4n) is 5.07. The molecule has 1 atom stereocenters. The van der Waals surface area contributed by atoms with Crippen molar-refractivity contribution in [2.24, 2.45) is 11.8 Å². The van der Waals surface area contributed by atoms with E-state index in [0.717, 1.165) is 50.1 Å². The van der Waals surface area contributed by atoms with Crippen molar-refractivity contribution in [3.8, 4) is 5.75 Å². The Bertz CT molecular complexity index is 1260. The molecule has 3 fully saturated rings. The molecule has 0 unspecified atom stereocenters. The highest BCUT2D eigenvalue weighted by Gasteiger charge is 2.35. The first-order valence-electron chi connectivity index (χ1n) is 13.8. The molecule has 3 amide bonds. The van der Waals surface area contributed by atoms with Crippen molar-refractivity contribution < 1.29 is 32.6 Å². The number of carbonyl (C=O) groups is 3. The maximum absolute atomic E-state index is 13.8. The van der Waals surface area contributed by atoms with Crippen LogP contribution in [0.2, 0.25) is 4.34 Å². The predicted octanol–water partition coefficient (Wildman–Crippen LogP) is 4.62. The fraction of sp³-hybridized carbons (Fsp3) is 0.536. The molecule has 2 heterocycles. The zero-order chi connectivity index (χ0) is 28.9. The summed E-state index contributed by atoms with van der Waals surface area (Å²) in [5, 5.41) is 5.73. The van der Waals surface area contributed by atoms with Gasteiger partial charge in [-0.15, -0.1) is 11.3 Å². The molecule has 1 aliphatic heterocycles. The molecule has 13 heteroatoms. The third kappa shape index (κ3) is 7.94. The average molecular weight is 611 g/mol. The molecule has 2 aromatic rings. The highest BCUT2D eigenvalue weighted by atomic mass is 35.5. The topological polar surface area (TPSA) is 100 Å². The van der Waals surface area contributed by atoms with Gasteiger partial charge in [-0.05, 0) is 61.8 Å². The van der Waals surface area contributed by atoms with Crippen LogP contribution in [0.1, 0.15) is 41.8 Å². The molecular formula is C28H33ClF2N4O5S. The van der Waals surface area contributed by atoms with E-state index in [2.05, 4.69) is 15.5 Å². The maximum atomic E-state index is 13.8. The molecule has 0 spiro atoms. The van der Waals surface area contributed by atoms with E-state index in [9.17, 15) is 23.2 Å². The fourth-order valence-corrected chi connectivity index (χ4v) is 6.03. The van der Waals surface area contributed by atoms with E-state index in [0.29, 0.717) is 21.0 Å². The number of morpholine rings is 1. The molecule has 1 saturated heterocycles. The van der Waals surface area contributed by atoms with Crippen LogP contribution in [0.25, 0.3) is 0 Å². The zero-order valence-corrected chi connectivity index (χ0v) is 24.0. The van der Waals surface area contributed by atoms with Gasteiger partial charge in [-0.3, -0.25) is 19.3 Å². The summed E-state index contributed by atoms with van der Waals surface area (Å²) in [7, 11) is 0. The largest absolute Gasteiger partial charge is 0.433 e. The van der Waals surface area contributed by atoms with E-state index >= 15 is 0 Å². The van der Waals surface area contributed by atoms with Gasteiger partial charge in [0.25, 0.3) is 11.8 Å². The highest BCUT2D eigenvalue weighted by Crippen LogP contribution is 2.35. The SMILES string of the molecule is O=C(NC[C@H](C(=O)Nc1ccc(N2CCOCC2=O)c(OC(F)F)c1)N(CC1CCC1)CC1CC1)c1ccc(Cl)s1. The van der Waals surface area contributed by atoms with E-state index in [-0.39, 0.29) is 61.1 Å². The van der Waals surface area contributed by atoms with E-state index in [1.165, 1.54) is 23.5 Å². The van der Waals surface area contributed by atoms with Crippen molar-refractivity contribution in [2.45, 2.75) is 44.8 Å². The van der Waals surface area contributed by atoms with Crippen LogP contribution in [-0.4, -0.2) is 74.7 Å². The third-order valence-electron chi connectivity index (χ3n) is 7.62. The van der Waals surface area contributed by atoms with Crippen LogP contribution in [0.5, 0.6) is 5.75 Å². The summed E-state index contributed by atoms with van der Waals surface area (Å²) in [4.78, 5) is 42.9. The van der Waals surface area contributed by atoms with Crippen LogP contribution in [0.4, 0.5) is 20.2 Å². The first kappa shape index (κ1) is 29.7. The number of rotatable bonds is 13. The van der Waals surface area contributed by atoms with Crippen molar-refractivity contribution in [3.05, 3.63) is 39.5 Å². The predicted molar refractivity (Wildman–Crippen MR) is 152 cm³/mol. The summed E-state index contributed by atoms with van der Waals surface area (Å²) in [6.45, 7) is -1.27. The van der Waals surface area contributed by atoms with Crippen LogP contribution < -0.4 is 20.3 Å². The molecule has 222 valence electrons. The van der Waals surface area contributed by atoms with Gasteiger partial charge in [0, 0.05) is 37.9 Å². The standard InChI is InChI=1S/C28H33ClF2N4O5S/c29-24-9-8-23(41-24)27(38)32-13-21(34(15-18-4-5-18)14-17-2-1-3-17)26(37)33-19-6-7-20(22(12-19)40-28(30)31)35-10-11-39-16-25(35)36/h6-9,12,17-18,21,28H,1-5,10-11,13-16H2,(H,32,38)(H,33,37)/t21-/m1/s1. The summed E-state index contributed by atoms with van der Waals surface area (Å²) < 4.78 is 37.0. The molecule has 2 saturated carbocycles. The van der Waals surface area contributed by atoms with Gasteiger partial charge in [-0.25, -0.2) is 0 Å². The number of halogens is 3. The first-order valence-corrected chi connectivity index (χ1v) is 15.0. The second-order valence-corrected chi connectivity index (χ2v) is 12.4. The lowest BCUT2D eigenvalue weighted by Crippen LogP contribution is -2.53. The minimum absolute atomic E-state index is 0.0698. The molecular weight excluding hydrogens is 578 g/mol. The Kier molecular flexibility index (Phi) is 9.74. The van der Waals surface area contributed by atoms with E-state index in [1.54, 1.807) is 18.2 Å². The highest BCUT2D eigenvalue weighted by molar-refractivity contribution is 7.18. The number of anilines is 2. The summed E-state index contributed by atoms with van der Waals surface area (Å²) >= 11 is 7.16. The van der Waals surface area contributed by atoms with E-state index in [4.69, 9.17) is 21.1 Å². The minimum Gasteiger partial charge on any atom is -0.433 e. The number of nitrogens with zero attached hydrogens (tertiary/aromatic N) is 2. The van der Waals surface area contributed by atoms with Gasteiger partial charge in [-0.1, -0.05) is 18.0 Å². The normalized spacial score (nSPS) is 18.4. The number of thiophene rings is 1. The summed E-state index contributed by atoms with van der Waals surface area (Å²) in [6, 6.07) is 6.92. The van der Waals surface area contributed by atoms with E-state index in [1.807, 2.05) is 0 Å². The van der Waals surface area contributed by atoms with Crippen molar-refractivity contribution in [1.29, 1.82) is 0 Å². The summed E-state index contributed by atoms with van der Waals surface area (Å²) in [6.07, 6.45) is 5.58. The molecule has 2 aliphatic carbocycles. The van der Waals surface area contributed by atoms with Crippen LogP contribution in [0.3, 0.4) is 0 Å². The van der Waals surface area contributed by atoms with E-state index < -0.39 is 12.7 Å². The molecule has 2 N–H and O–H groups in total. The number of ether oxygens (including phenoxy) is 2. The molecule has 41 heavy (non-hydrogen) atoms. The minimum atomic E-state index is -3.12. The van der Waals surface area contributed by atoms with Crippen molar-refractivity contribution in [1.82, 2.24) is 10.2 Å². The second kappa shape index (κ2) is 13.5. The van der Waals surface area contributed by atoms with Crippen LogP contribution in [0.15, 0.2) is 30.3 Å². The molecule has 0 radical (unpaired) electrons. The van der Waals surface area contributed by atoms with Gasteiger partial charge in [-0.2, -0.15) is 8.78 Å². The Morgan fingerprint density at radius 3 is 2.51 bits per heavy atom. The van der Waals surface area contributed by atoms with Crippen molar-refractivity contribution in [3.63, 3.8) is 0 Å². The Balaban J connectivity index is 1.36. The lowest BCUT2D eigenvalue weighted by Gasteiger charge is -2.37. The Morgan fingerprint density at radius 1 is 1.15 bits per heavy atom. The number of nitrogens with one attached hydrogen (secondary N) is 2. The second-order valence-electron chi connectivity index (χ2n) is 10.7. The number of hydrogen-bond acceptors (Lipinski definition) is 7. The molecule has 1 aromatic heterocycles. The van der Waals surface area contributed by atoms with Gasteiger partial charge in [0.15, 0.2) is 5.75 Å². The average Bonchev–Trinajstić information content (AvgIpc) is 3.62. The Labute approximate surface area is 246 Å². The molecule has 0 bridgehead atoms. The number of carbonyl (C=O) groups excluding carboxylic acids is 3. The summed E-state index contributed by atoms with van der Waals surface area (Å²) in [5.41, 5.74) is 0.418. The van der Waals surface area contributed by atoms with Crippen LogP contribution in [-0.2, 0) is 14.3 Å². The van der Waals surface area contributed by atoms with Gasteiger partial charge < -0.3 is 25.0 Å². The number of benzene rings is 1. The molecule has 1 aromatic carbocycles. The molecule has 5 rings (SSSR count). The lowest BCUT2D eigenvalue weighted by molar-refractivity contribution is -0.126. The van der Waals surface area contributed by atoms with Crippen molar-refractivity contribution in [2.75, 3.05) is 49.6 Å².